The van der Waals surface area contributed by atoms with Crippen molar-refractivity contribution in [2.45, 2.75) is 13.5 Å². The average Bonchev–Trinajstić information content (AvgIpc) is 2.83. The van der Waals surface area contributed by atoms with Crippen LogP contribution in [0.4, 0.5) is 5.69 Å². The maximum absolute atomic E-state index is 12.7. The predicted molar refractivity (Wildman–Crippen MR) is 144 cm³/mol. The Bertz CT molecular complexity index is 1430. The third kappa shape index (κ3) is 5.39. The van der Waals surface area contributed by atoms with E-state index in [1.165, 1.54) is 0 Å². The van der Waals surface area contributed by atoms with E-state index in [1.54, 1.807) is 12.1 Å². The lowest BCUT2D eigenvalue weighted by atomic mass is 10.1. The smallest absolute Gasteiger partial charge is 0.266 e. The highest BCUT2D eigenvalue weighted by Gasteiger charge is 2.14. The molecule has 0 radical (unpaired) electrons. The first-order valence-corrected chi connectivity index (χ1v) is 12.1. The molecule has 0 fully saturated rings. The summed E-state index contributed by atoms with van der Waals surface area (Å²) in [5.41, 5.74) is 3.37. The second-order valence-electron chi connectivity index (χ2n) is 7.68. The van der Waals surface area contributed by atoms with E-state index in [-0.39, 0.29) is 5.57 Å². The summed E-state index contributed by atoms with van der Waals surface area (Å²) in [6.07, 6.45) is 1.55. The van der Waals surface area contributed by atoms with Gasteiger partial charge in [-0.15, -0.1) is 0 Å². The van der Waals surface area contributed by atoms with E-state index in [1.807, 2.05) is 67.6 Å². The van der Waals surface area contributed by atoms with Gasteiger partial charge in [0.2, 0.25) is 0 Å². The van der Waals surface area contributed by atoms with Gasteiger partial charge in [0.1, 0.15) is 24.0 Å². The second kappa shape index (κ2) is 10.7. The van der Waals surface area contributed by atoms with E-state index in [0.717, 1.165) is 21.9 Å². The number of carbonyl (C=O) groups excluding carboxylic acids is 1. The van der Waals surface area contributed by atoms with Crippen LogP contribution in [-0.4, -0.2) is 5.91 Å². The Kier molecular flexibility index (Phi) is 7.46. The molecule has 0 unspecified atom stereocenters. The highest BCUT2D eigenvalue weighted by Crippen LogP contribution is 2.36. The van der Waals surface area contributed by atoms with Crippen LogP contribution in [0.2, 0.25) is 0 Å². The van der Waals surface area contributed by atoms with E-state index in [4.69, 9.17) is 4.74 Å². The fourth-order valence-electron chi connectivity index (χ4n) is 3.59. The molecule has 4 aromatic rings. The monoisotopic (exact) mass is 574 g/mol. The first-order valence-electron chi connectivity index (χ1n) is 10.5. The zero-order valence-electron chi connectivity index (χ0n) is 18.3. The number of nitriles is 1. The third-order valence-electron chi connectivity index (χ3n) is 5.34. The molecule has 0 aliphatic heterocycles. The van der Waals surface area contributed by atoms with Crippen LogP contribution >= 0.6 is 31.9 Å². The standard InChI is InChI=1S/C28H20Br2N2O2/c1-18-7-2-5-12-26(18)32-28(33)22(16-31)13-19-14-24(29)27(25(30)15-19)34-17-21-10-6-9-20-8-3-4-11-23(20)21/h2-15H,17H2,1H3,(H,32,33)/b22-13-. The zero-order chi connectivity index (χ0) is 24.1. The van der Waals surface area contributed by atoms with Gasteiger partial charge in [0.05, 0.1) is 8.95 Å². The summed E-state index contributed by atoms with van der Waals surface area (Å²) in [6.45, 7) is 2.30. The van der Waals surface area contributed by atoms with Gasteiger partial charge in [-0.1, -0.05) is 60.7 Å². The number of anilines is 1. The highest BCUT2D eigenvalue weighted by atomic mass is 79.9. The summed E-state index contributed by atoms with van der Waals surface area (Å²) in [5.74, 6) is 0.188. The van der Waals surface area contributed by atoms with Crippen molar-refractivity contribution in [1.29, 1.82) is 5.26 Å². The molecule has 0 aliphatic rings. The van der Waals surface area contributed by atoms with Crippen molar-refractivity contribution >= 4 is 60.3 Å². The molecule has 0 spiro atoms. The summed E-state index contributed by atoms with van der Waals surface area (Å²) >= 11 is 7.13. The number of rotatable bonds is 6. The molecule has 1 N–H and O–H groups in total. The quantitative estimate of drug-likeness (QED) is 0.188. The Morgan fingerprint density at radius 1 is 1.00 bits per heavy atom. The number of hydrogen-bond acceptors (Lipinski definition) is 3. The lowest BCUT2D eigenvalue weighted by molar-refractivity contribution is -0.112. The number of aryl methyl sites for hydroxylation is 1. The normalized spacial score (nSPS) is 11.2. The predicted octanol–water partition coefficient (Wildman–Crippen LogP) is 7.80. The van der Waals surface area contributed by atoms with Gasteiger partial charge in [-0.25, -0.2) is 0 Å². The molecule has 1 amide bonds. The second-order valence-corrected chi connectivity index (χ2v) is 9.39. The third-order valence-corrected chi connectivity index (χ3v) is 6.52. The fraction of sp³-hybridized carbons (Fsp3) is 0.0714. The summed E-state index contributed by atoms with van der Waals surface area (Å²) in [5, 5.41) is 14.7. The SMILES string of the molecule is Cc1ccccc1NC(=O)/C(C#N)=C\c1cc(Br)c(OCc2cccc3ccccc23)c(Br)c1. The van der Waals surface area contributed by atoms with E-state index in [9.17, 15) is 10.1 Å². The lowest BCUT2D eigenvalue weighted by Gasteiger charge is -2.13. The number of nitrogens with zero attached hydrogens (tertiary/aromatic N) is 1. The molecule has 0 bridgehead atoms. The minimum atomic E-state index is -0.458. The first-order chi connectivity index (χ1) is 16.5. The molecule has 0 saturated carbocycles. The number of fused-ring (bicyclic) bond motifs is 1. The highest BCUT2D eigenvalue weighted by molar-refractivity contribution is 9.11. The van der Waals surface area contributed by atoms with E-state index in [2.05, 4.69) is 55.4 Å². The van der Waals surface area contributed by atoms with Crippen molar-refractivity contribution in [2.75, 3.05) is 5.32 Å². The van der Waals surface area contributed by atoms with Crippen LogP contribution in [0.1, 0.15) is 16.7 Å². The maximum Gasteiger partial charge on any atom is 0.266 e. The number of nitrogens with one attached hydrogen (secondary N) is 1. The topological polar surface area (TPSA) is 62.1 Å². The molecule has 0 aliphatic carbocycles. The Labute approximate surface area is 215 Å². The molecule has 34 heavy (non-hydrogen) atoms. The Morgan fingerprint density at radius 3 is 2.41 bits per heavy atom. The minimum Gasteiger partial charge on any atom is -0.487 e. The molecule has 0 atom stereocenters. The van der Waals surface area contributed by atoms with E-state index in [0.29, 0.717) is 32.6 Å². The van der Waals surface area contributed by atoms with Crippen LogP contribution in [0.15, 0.2) is 93.4 Å². The van der Waals surface area contributed by atoms with Crippen molar-refractivity contribution in [3.05, 3.63) is 110 Å². The Hall–Kier alpha value is -3.40. The molecule has 0 aromatic heterocycles. The van der Waals surface area contributed by atoms with Crippen molar-refractivity contribution in [1.82, 2.24) is 0 Å². The number of hydrogen-bond donors (Lipinski definition) is 1. The zero-order valence-corrected chi connectivity index (χ0v) is 21.5. The molecule has 168 valence electrons. The van der Waals surface area contributed by atoms with Crippen molar-refractivity contribution in [3.63, 3.8) is 0 Å². The molecule has 0 heterocycles. The van der Waals surface area contributed by atoms with Gasteiger partial charge in [-0.05, 0) is 90.5 Å². The average molecular weight is 576 g/mol. The summed E-state index contributed by atoms with van der Waals surface area (Å²) < 4.78 is 7.55. The van der Waals surface area contributed by atoms with Crippen molar-refractivity contribution in [3.8, 4) is 11.8 Å². The van der Waals surface area contributed by atoms with E-state index >= 15 is 0 Å². The first kappa shape index (κ1) is 23.7. The minimum absolute atomic E-state index is 0.00600. The van der Waals surface area contributed by atoms with Gasteiger partial charge < -0.3 is 10.1 Å². The van der Waals surface area contributed by atoms with Crippen LogP contribution in [0, 0.1) is 18.3 Å². The van der Waals surface area contributed by atoms with E-state index < -0.39 is 5.91 Å². The number of ether oxygens (including phenoxy) is 1. The number of halogens is 2. The van der Waals surface area contributed by atoms with Crippen LogP contribution in [0.25, 0.3) is 16.8 Å². The molecular weight excluding hydrogens is 556 g/mol. The molecule has 6 heteroatoms. The van der Waals surface area contributed by atoms with Gasteiger partial charge in [0, 0.05) is 5.69 Å². The molecule has 4 nitrogen and oxygen atoms in total. The maximum atomic E-state index is 12.7. The van der Waals surface area contributed by atoms with Gasteiger partial charge in [-0.3, -0.25) is 4.79 Å². The van der Waals surface area contributed by atoms with Crippen LogP contribution in [0.5, 0.6) is 5.75 Å². The van der Waals surface area contributed by atoms with Crippen molar-refractivity contribution in [2.24, 2.45) is 0 Å². The molecule has 4 aromatic carbocycles. The molecule has 0 saturated heterocycles. The summed E-state index contributed by atoms with van der Waals surface area (Å²) in [6, 6.07) is 27.4. The van der Waals surface area contributed by atoms with Gasteiger partial charge in [0.15, 0.2) is 0 Å². The van der Waals surface area contributed by atoms with Gasteiger partial charge in [-0.2, -0.15) is 5.26 Å². The van der Waals surface area contributed by atoms with Crippen molar-refractivity contribution < 1.29 is 9.53 Å². The number of para-hydroxylation sites is 1. The Morgan fingerprint density at radius 2 is 1.68 bits per heavy atom. The lowest BCUT2D eigenvalue weighted by Crippen LogP contribution is -2.14. The number of benzene rings is 4. The largest absolute Gasteiger partial charge is 0.487 e. The van der Waals surface area contributed by atoms with Gasteiger partial charge >= 0.3 is 0 Å². The summed E-state index contributed by atoms with van der Waals surface area (Å²) in [4.78, 5) is 12.7. The van der Waals surface area contributed by atoms with Crippen LogP contribution < -0.4 is 10.1 Å². The number of carbonyl (C=O) groups is 1. The fourth-order valence-corrected chi connectivity index (χ4v) is 5.04. The van der Waals surface area contributed by atoms with Crippen LogP contribution in [-0.2, 0) is 11.4 Å². The number of amides is 1. The van der Waals surface area contributed by atoms with Crippen LogP contribution in [0.3, 0.4) is 0 Å². The van der Waals surface area contributed by atoms with Gasteiger partial charge in [0.25, 0.3) is 5.91 Å². The molecule has 4 rings (SSSR count). The summed E-state index contributed by atoms with van der Waals surface area (Å²) in [7, 11) is 0. The Balaban J connectivity index is 1.54. The molecular formula is C28H20Br2N2O2.